The fourth-order valence-corrected chi connectivity index (χ4v) is 2.17. The number of hydrogen-bond donors (Lipinski definition) is 1. The lowest BCUT2D eigenvalue weighted by molar-refractivity contribution is -0.135. The van der Waals surface area contributed by atoms with Gasteiger partial charge < -0.3 is 14.6 Å². The van der Waals surface area contributed by atoms with Crippen LogP contribution in [-0.4, -0.2) is 33.8 Å². The van der Waals surface area contributed by atoms with Crippen molar-refractivity contribution in [3.63, 3.8) is 0 Å². The lowest BCUT2D eigenvalue weighted by Crippen LogP contribution is -2.49. The molecule has 6 nitrogen and oxygen atoms in total. The maximum absolute atomic E-state index is 12.7. The Morgan fingerprint density at radius 2 is 2.04 bits per heavy atom. The molecular formula is C17H21N3O3. The van der Waals surface area contributed by atoms with Crippen LogP contribution in [0.5, 0.6) is 0 Å². The highest BCUT2D eigenvalue weighted by molar-refractivity contribution is 5.97. The van der Waals surface area contributed by atoms with Crippen LogP contribution >= 0.6 is 0 Å². The Balaban J connectivity index is 2.03. The monoisotopic (exact) mass is 315 g/mol. The number of aromatic nitrogens is 1. The first-order chi connectivity index (χ1) is 11.0. The second-order valence-electron chi connectivity index (χ2n) is 5.59. The molecule has 0 saturated carbocycles. The van der Waals surface area contributed by atoms with Gasteiger partial charge in [-0.15, -0.1) is 0 Å². The quantitative estimate of drug-likeness (QED) is 0.887. The molecule has 0 spiro atoms. The molecule has 23 heavy (non-hydrogen) atoms. The Hall–Kier alpha value is -2.63. The highest BCUT2D eigenvalue weighted by Gasteiger charge is 2.25. The van der Waals surface area contributed by atoms with Crippen LogP contribution in [0.3, 0.4) is 0 Å². The molecule has 0 unspecified atom stereocenters. The Morgan fingerprint density at radius 3 is 2.61 bits per heavy atom. The normalized spacial score (nSPS) is 12.0. The number of nitrogens with one attached hydrogen (secondary N) is 1. The van der Waals surface area contributed by atoms with Crippen molar-refractivity contribution in [2.24, 2.45) is 0 Å². The predicted molar refractivity (Wildman–Crippen MR) is 85.6 cm³/mol. The minimum atomic E-state index is -0.636. The third kappa shape index (κ3) is 4.42. The summed E-state index contributed by atoms with van der Waals surface area (Å²) in [6, 6.07) is 6.51. The summed E-state index contributed by atoms with van der Waals surface area (Å²) < 4.78 is 4.88. The summed E-state index contributed by atoms with van der Waals surface area (Å²) in [5, 5.41) is 2.69. The first kappa shape index (κ1) is 16.7. The van der Waals surface area contributed by atoms with Crippen molar-refractivity contribution in [1.29, 1.82) is 0 Å². The van der Waals surface area contributed by atoms with Gasteiger partial charge >= 0.3 is 0 Å². The van der Waals surface area contributed by atoms with Crippen molar-refractivity contribution in [1.82, 2.24) is 15.2 Å². The first-order valence-corrected chi connectivity index (χ1v) is 7.52. The van der Waals surface area contributed by atoms with E-state index < -0.39 is 6.04 Å². The van der Waals surface area contributed by atoms with E-state index in [1.165, 1.54) is 12.5 Å². The molecule has 6 heteroatoms. The van der Waals surface area contributed by atoms with Gasteiger partial charge in [0.15, 0.2) is 0 Å². The SMILES string of the molecule is CC(C)N(Cc1ccccn1)C(=O)[C@@H](C)NC(=O)c1ccoc1. The zero-order chi connectivity index (χ0) is 16.8. The predicted octanol–water partition coefficient (Wildman–Crippen LogP) is 2.23. The minimum Gasteiger partial charge on any atom is -0.472 e. The van der Waals surface area contributed by atoms with Gasteiger partial charge in [-0.25, -0.2) is 0 Å². The van der Waals surface area contributed by atoms with E-state index in [2.05, 4.69) is 10.3 Å². The molecule has 0 saturated heterocycles. The summed E-state index contributed by atoms with van der Waals surface area (Å²) in [4.78, 5) is 30.6. The Bertz CT molecular complexity index is 638. The van der Waals surface area contributed by atoms with Crippen LogP contribution in [0.25, 0.3) is 0 Å². The molecule has 0 radical (unpaired) electrons. The number of carbonyl (C=O) groups excluding carboxylic acids is 2. The van der Waals surface area contributed by atoms with Crippen LogP contribution in [0.4, 0.5) is 0 Å². The fraction of sp³-hybridized carbons (Fsp3) is 0.353. The third-order valence-corrected chi connectivity index (χ3v) is 3.47. The van der Waals surface area contributed by atoms with Crippen molar-refractivity contribution in [3.8, 4) is 0 Å². The van der Waals surface area contributed by atoms with Gasteiger partial charge in [0, 0.05) is 12.2 Å². The Kier molecular flexibility index (Phi) is 5.51. The van der Waals surface area contributed by atoms with Crippen molar-refractivity contribution < 1.29 is 14.0 Å². The molecule has 2 aromatic rings. The molecule has 0 aliphatic carbocycles. The molecule has 0 bridgehead atoms. The molecule has 0 aromatic carbocycles. The standard InChI is InChI=1S/C17H21N3O3/c1-12(2)20(10-15-6-4-5-8-18-15)17(22)13(3)19-16(21)14-7-9-23-11-14/h4-9,11-13H,10H2,1-3H3,(H,19,21)/t13-/m1/s1. The average molecular weight is 315 g/mol. The van der Waals surface area contributed by atoms with E-state index in [0.29, 0.717) is 12.1 Å². The summed E-state index contributed by atoms with van der Waals surface area (Å²) in [6.45, 7) is 5.95. The smallest absolute Gasteiger partial charge is 0.255 e. The largest absolute Gasteiger partial charge is 0.472 e. The number of pyridine rings is 1. The summed E-state index contributed by atoms with van der Waals surface area (Å²) in [7, 11) is 0. The average Bonchev–Trinajstić information content (AvgIpc) is 3.07. The van der Waals surface area contributed by atoms with Crippen molar-refractivity contribution in [3.05, 3.63) is 54.2 Å². The lowest BCUT2D eigenvalue weighted by atomic mass is 10.2. The van der Waals surface area contributed by atoms with Crippen molar-refractivity contribution in [2.45, 2.75) is 39.4 Å². The first-order valence-electron chi connectivity index (χ1n) is 7.52. The van der Waals surface area contributed by atoms with Gasteiger partial charge in [0.25, 0.3) is 5.91 Å². The van der Waals surface area contributed by atoms with Crippen LogP contribution in [0.1, 0.15) is 36.8 Å². The molecule has 1 atom stereocenters. The van der Waals surface area contributed by atoms with Crippen LogP contribution in [0, 0.1) is 0 Å². The molecule has 2 aromatic heterocycles. The molecular weight excluding hydrogens is 294 g/mol. The van der Waals surface area contributed by atoms with Crippen LogP contribution in [-0.2, 0) is 11.3 Å². The topological polar surface area (TPSA) is 75.4 Å². The number of furan rings is 1. The summed E-state index contributed by atoms with van der Waals surface area (Å²) in [5.74, 6) is -0.483. The van der Waals surface area contributed by atoms with Gasteiger partial charge in [-0.3, -0.25) is 14.6 Å². The zero-order valence-corrected chi connectivity index (χ0v) is 13.5. The fourth-order valence-electron chi connectivity index (χ4n) is 2.17. The molecule has 2 rings (SSSR count). The van der Waals surface area contributed by atoms with Crippen LogP contribution < -0.4 is 5.32 Å². The summed E-state index contributed by atoms with van der Waals surface area (Å²) in [6.07, 6.45) is 4.46. The van der Waals surface area contributed by atoms with Gasteiger partial charge in [-0.1, -0.05) is 6.07 Å². The lowest BCUT2D eigenvalue weighted by Gasteiger charge is -2.29. The molecule has 0 aliphatic rings. The molecule has 2 heterocycles. The third-order valence-electron chi connectivity index (χ3n) is 3.47. The maximum atomic E-state index is 12.7. The van der Waals surface area contributed by atoms with E-state index in [4.69, 9.17) is 4.42 Å². The number of rotatable bonds is 6. The van der Waals surface area contributed by atoms with E-state index >= 15 is 0 Å². The maximum Gasteiger partial charge on any atom is 0.255 e. The Morgan fingerprint density at radius 1 is 1.26 bits per heavy atom. The van der Waals surface area contributed by atoms with Gasteiger partial charge in [-0.2, -0.15) is 0 Å². The van der Waals surface area contributed by atoms with E-state index in [1.54, 1.807) is 24.1 Å². The molecule has 0 aliphatic heterocycles. The minimum absolute atomic E-state index is 0.00205. The Labute approximate surface area is 135 Å². The van der Waals surface area contributed by atoms with E-state index in [0.717, 1.165) is 5.69 Å². The number of hydrogen-bond acceptors (Lipinski definition) is 4. The van der Waals surface area contributed by atoms with Gasteiger partial charge in [0.05, 0.1) is 24.1 Å². The zero-order valence-electron chi connectivity index (χ0n) is 13.5. The van der Waals surface area contributed by atoms with Gasteiger partial charge in [-0.05, 0) is 39.0 Å². The van der Waals surface area contributed by atoms with Crippen molar-refractivity contribution in [2.75, 3.05) is 0 Å². The molecule has 2 amide bonds. The number of nitrogens with zero attached hydrogens (tertiary/aromatic N) is 2. The van der Waals surface area contributed by atoms with E-state index in [-0.39, 0.29) is 17.9 Å². The second-order valence-corrected chi connectivity index (χ2v) is 5.59. The van der Waals surface area contributed by atoms with Gasteiger partial charge in [0.2, 0.25) is 5.91 Å². The summed E-state index contributed by atoms with van der Waals surface area (Å²) in [5.41, 5.74) is 1.20. The van der Waals surface area contributed by atoms with Gasteiger partial charge in [0.1, 0.15) is 12.3 Å². The number of amides is 2. The molecule has 0 fully saturated rings. The van der Waals surface area contributed by atoms with Crippen molar-refractivity contribution >= 4 is 11.8 Å². The van der Waals surface area contributed by atoms with Crippen LogP contribution in [0.15, 0.2) is 47.4 Å². The highest BCUT2D eigenvalue weighted by Crippen LogP contribution is 2.09. The second kappa shape index (κ2) is 7.58. The van der Waals surface area contributed by atoms with E-state index in [9.17, 15) is 9.59 Å². The number of carbonyl (C=O) groups is 2. The summed E-state index contributed by atoms with van der Waals surface area (Å²) >= 11 is 0. The molecule has 1 N–H and O–H groups in total. The highest BCUT2D eigenvalue weighted by atomic mass is 16.3. The van der Waals surface area contributed by atoms with E-state index in [1.807, 2.05) is 32.0 Å². The van der Waals surface area contributed by atoms with Crippen LogP contribution in [0.2, 0.25) is 0 Å². The molecule has 122 valence electrons.